The lowest BCUT2D eigenvalue weighted by Crippen LogP contribution is -2.38. The van der Waals surface area contributed by atoms with Crippen molar-refractivity contribution in [3.8, 4) is 0 Å². The highest BCUT2D eigenvalue weighted by Crippen LogP contribution is 2.22. The molecule has 82 valence electrons. The van der Waals surface area contributed by atoms with Gasteiger partial charge in [0.1, 0.15) is 10.4 Å². The molecule has 0 radical (unpaired) electrons. The first kappa shape index (κ1) is 10.9. The summed E-state index contributed by atoms with van der Waals surface area (Å²) >= 11 is 3.40. The van der Waals surface area contributed by atoms with Crippen LogP contribution in [0.2, 0.25) is 0 Å². The Morgan fingerprint density at radius 1 is 1.53 bits per heavy atom. The summed E-state index contributed by atoms with van der Waals surface area (Å²) in [7, 11) is 0. The van der Waals surface area contributed by atoms with E-state index in [0.717, 1.165) is 30.1 Å². The first-order valence-electron chi connectivity index (χ1n) is 5.37. The predicted molar refractivity (Wildman–Crippen MR) is 65.9 cm³/mol. The average molecular weight is 270 g/mol. The Hall–Kier alpha value is -0.610. The number of pyridine rings is 1. The van der Waals surface area contributed by atoms with Gasteiger partial charge in [0, 0.05) is 13.1 Å². The van der Waals surface area contributed by atoms with Gasteiger partial charge in [0.2, 0.25) is 0 Å². The second-order valence-corrected chi connectivity index (χ2v) is 4.82. The van der Waals surface area contributed by atoms with Crippen molar-refractivity contribution in [2.75, 3.05) is 24.5 Å². The van der Waals surface area contributed by atoms with E-state index in [2.05, 4.69) is 31.9 Å². The average Bonchev–Trinajstić information content (AvgIpc) is 2.29. The van der Waals surface area contributed by atoms with Crippen molar-refractivity contribution < 1.29 is 0 Å². The Bertz CT molecular complexity index is 329. The molecule has 1 aromatic rings. The second-order valence-electron chi connectivity index (χ2n) is 4.01. The lowest BCUT2D eigenvalue weighted by atomic mass is 9.98. The molecule has 0 amide bonds. The van der Waals surface area contributed by atoms with E-state index in [-0.39, 0.29) is 0 Å². The van der Waals surface area contributed by atoms with Gasteiger partial charge in [-0.25, -0.2) is 4.98 Å². The number of rotatable bonds is 2. The van der Waals surface area contributed by atoms with Crippen LogP contribution in [0.3, 0.4) is 0 Å². The summed E-state index contributed by atoms with van der Waals surface area (Å²) in [4.78, 5) is 6.79. The fourth-order valence-electron chi connectivity index (χ4n) is 2.04. The van der Waals surface area contributed by atoms with Crippen LogP contribution < -0.4 is 10.6 Å². The Balaban J connectivity index is 2.09. The van der Waals surface area contributed by atoms with Gasteiger partial charge in [0.15, 0.2) is 0 Å². The highest BCUT2D eigenvalue weighted by Gasteiger charge is 2.19. The minimum absolute atomic E-state index is 0.625. The van der Waals surface area contributed by atoms with Crippen molar-refractivity contribution in [1.82, 2.24) is 4.98 Å². The second kappa shape index (κ2) is 4.94. The molecule has 2 heterocycles. The molecule has 0 bridgehead atoms. The smallest absolute Gasteiger partial charge is 0.129 e. The highest BCUT2D eigenvalue weighted by molar-refractivity contribution is 9.10. The number of nitrogens with two attached hydrogens (primary N) is 1. The SMILES string of the molecule is NC[C@H]1CCCN(c2cccc(Br)n2)C1. The summed E-state index contributed by atoms with van der Waals surface area (Å²) in [5.41, 5.74) is 5.72. The molecule has 1 aliphatic rings. The minimum atomic E-state index is 0.625. The Labute approximate surface area is 98.8 Å². The lowest BCUT2D eigenvalue weighted by Gasteiger charge is -2.33. The van der Waals surface area contributed by atoms with Gasteiger partial charge in [0.25, 0.3) is 0 Å². The third kappa shape index (κ3) is 2.69. The van der Waals surface area contributed by atoms with Gasteiger partial charge >= 0.3 is 0 Å². The number of nitrogens with zero attached hydrogens (tertiary/aromatic N) is 2. The van der Waals surface area contributed by atoms with E-state index in [1.54, 1.807) is 0 Å². The van der Waals surface area contributed by atoms with Crippen LogP contribution in [0.5, 0.6) is 0 Å². The van der Waals surface area contributed by atoms with E-state index in [0.29, 0.717) is 5.92 Å². The maximum absolute atomic E-state index is 5.72. The highest BCUT2D eigenvalue weighted by atomic mass is 79.9. The molecular weight excluding hydrogens is 254 g/mol. The van der Waals surface area contributed by atoms with Gasteiger partial charge in [0.05, 0.1) is 0 Å². The molecular formula is C11H16BrN3. The molecule has 2 N–H and O–H groups in total. The molecule has 0 aromatic carbocycles. The topological polar surface area (TPSA) is 42.1 Å². The summed E-state index contributed by atoms with van der Waals surface area (Å²) in [6.45, 7) is 2.92. The summed E-state index contributed by atoms with van der Waals surface area (Å²) in [5, 5.41) is 0. The number of aromatic nitrogens is 1. The zero-order valence-corrected chi connectivity index (χ0v) is 10.3. The maximum Gasteiger partial charge on any atom is 0.129 e. The predicted octanol–water partition coefficient (Wildman–Crippen LogP) is 2.02. The van der Waals surface area contributed by atoms with Gasteiger partial charge in [-0.15, -0.1) is 0 Å². The lowest BCUT2D eigenvalue weighted by molar-refractivity contribution is 0.421. The molecule has 0 unspecified atom stereocenters. The van der Waals surface area contributed by atoms with Crippen molar-refractivity contribution in [1.29, 1.82) is 0 Å². The van der Waals surface area contributed by atoms with Crippen LogP contribution in [0.25, 0.3) is 0 Å². The minimum Gasteiger partial charge on any atom is -0.356 e. The molecule has 0 saturated carbocycles. The van der Waals surface area contributed by atoms with Gasteiger partial charge in [-0.1, -0.05) is 6.07 Å². The third-order valence-corrected chi connectivity index (χ3v) is 3.32. The molecule has 15 heavy (non-hydrogen) atoms. The number of hydrogen-bond donors (Lipinski definition) is 1. The van der Waals surface area contributed by atoms with Crippen LogP contribution in [-0.4, -0.2) is 24.6 Å². The molecule has 0 spiro atoms. The molecule has 1 atom stereocenters. The van der Waals surface area contributed by atoms with E-state index in [4.69, 9.17) is 5.73 Å². The molecule has 1 aliphatic heterocycles. The number of halogens is 1. The summed E-state index contributed by atoms with van der Waals surface area (Å²) in [6.07, 6.45) is 2.47. The van der Waals surface area contributed by atoms with Crippen LogP contribution in [0.15, 0.2) is 22.8 Å². The van der Waals surface area contributed by atoms with Crippen LogP contribution in [0, 0.1) is 5.92 Å². The monoisotopic (exact) mass is 269 g/mol. The van der Waals surface area contributed by atoms with E-state index in [1.807, 2.05) is 12.1 Å². The summed E-state index contributed by atoms with van der Waals surface area (Å²) in [6, 6.07) is 6.04. The molecule has 1 aromatic heterocycles. The van der Waals surface area contributed by atoms with Crippen molar-refractivity contribution in [2.24, 2.45) is 11.7 Å². The van der Waals surface area contributed by atoms with Crippen molar-refractivity contribution >= 4 is 21.7 Å². The van der Waals surface area contributed by atoms with Crippen LogP contribution in [0.4, 0.5) is 5.82 Å². The quantitative estimate of drug-likeness (QED) is 0.836. The van der Waals surface area contributed by atoms with Crippen molar-refractivity contribution in [3.05, 3.63) is 22.8 Å². The zero-order chi connectivity index (χ0) is 10.7. The first-order valence-corrected chi connectivity index (χ1v) is 6.16. The standard InChI is InChI=1S/C11H16BrN3/c12-10-4-1-5-11(14-10)15-6-2-3-9(7-13)8-15/h1,4-5,9H,2-3,6-8,13H2/t9-/m1/s1. The van der Waals surface area contributed by atoms with Gasteiger partial charge in [-0.2, -0.15) is 0 Å². The number of hydrogen-bond acceptors (Lipinski definition) is 3. The Kier molecular flexibility index (Phi) is 3.59. The van der Waals surface area contributed by atoms with Gasteiger partial charge in [-0.05, 0) is 53.4 Å². The van der Waals surface area contributed by atoms with Crippen LogP contribution in [-0.2, 0) is 0 Å². The van der Waals surface area contributed by atoms with Crippen molar-refractivity contribution in [3.63, 3.8) is 0 Å². The summed E-state index contributed by atoms with van der Waals surface area (Å²) in [5.74, 6) is 1.68. The normalized spacial score (nSPS) is 21.7. The Morgan fingerprint density at radius 2 is 2.40 bits per heavy atom. The molecule has 1 saturated heterocycles. The van der Waals surface area contributed by atoms with Gasteiger partial charge in [-0.3, -0.25) is 0 Å². The molecule has 1 fully saturated rings. The number of anilines is 1. The first-order chi connectivity index (χ1) is 7.29. The van der Waals surface area contributed by atoms with Gasteiger partial charge < -0.3 is 10.6 Å². The van der Waals surface area contributed by atoms with Crippen molar-refractivity contribution in [2.45, 2.75) is 12.8 Å². The Morgan fingerprint density at radius 3 is 3.13 bits per heavy atom. The van der Waals surface area contributed by atoms with E-state index in [1.165, 1.54) is 12.8 Å². The van der Waals surface area contributed by atoms with Crippen LogP contribution in [0.1, 0.15) is 12.8 Å². The largest absolute Gasteiger partial charge is 0.356 e. The summed E-state index contributed by atoms with van der Waals surface area (Å²) < 4.78 is 0.898. The van der Waals surface area contributed by atoms with E-state index < -0.39 is 0 Å². The number of piperidine rings is 1. The molecule has 2 rings (SSSR count). The molecule has 3 nitrogen and oxygen atoms in total. The molecule has 4 heteroatoms. The van der Waals surface area contributed by atoms with E-state index >= 15 is 0 Å². The zero-order valence-electron chi connectivity index (χ0n) is 8.69. The molecule has 0 aliphatic carbocycles. The third-order valence-electron chi connectivity index (χ3n) is 2.88. The van der Waals surface area contributed by atoms with Crippen LogP contribution >= 0.6 is 15.9 Å². The van der Waals surface area contributed by atoms with E-state index in [9.17, 15) is 0 Å². The fraction of sp³-hybridized carbons (Fsp3) is 0.545. The maximum atomic E-state index is 5.72. The fourth-order valence-corrected chi connectivity index (χ4v) is 2.37.